The fourth-order valence-electron chi connectivity index (χ4n) is 16.0. The Bertz CT molecular complexity index is 1880. The lowest BCUT2D eigenvalue weighted by Gasteiger charge is -2.67. The normalized spacial score (nSPS) is 51.5. The van der Waals surface area contributed by atoms with Gasteiger partial charge in [-0.1, -0.05) is 38.1 Å². The van der Waals surface area contributed by atoms with E-state index in [0.717, 1.165) is 25.7 Å². The molecule has 2 spiro atoms. The predicted octanol–water partition coefficient (Wildman–Crippen LogP) is 6.79. The molecule has 8 fully saturated rings. The largest absolute Gasteiger partial charge is 0.377 e. The SMILES string of the molecule is CC1(C)C2C[C@@H]3[C@H]4C[C@@]5(Nc6cccc(N7c8ccccc8C8N9[C@@H]%10C[C@@]87[C@]7(C)CC(=O)[C@@H](C[C@H]%107)C9(C)C)c6[C@@H]5N41)[C@]3(C)CC2=O. The van der Waals surface area contributed by atoms with E-state index >= 15 is 0 Å². The molecule has 0 amide bonds. The Balaban J connectivity index is 1.13. The molecule has 4 saturated carbocycles. The third-order valence-corrected chi connectivity index (χ3v) is 17.5. The Morgan fingerprint density at radius 1 is 0.696 bits per heavy atom. The summed E-state index contributed by atoms with van der Waals surface area (Å²) in [4.78, 5) is 36.5. The van der Waals surface area contributed by atoms with Crippen molar-refractivity contribution in [3.05, 3.63) is 53.6 Å². The van der Waals surface area contributed by atoms with Crippen LogP contribution in [-0.2, 0) is 9.59 Å². The van der Waals surface area contributed by atoms with Crippen molar-refractivity contribution in [2.75, 3.05) is 10.2 Å². The summed E-state index contributed by atoms with van der Waals surface area (Å²) >= 11 is 0. The van der Waals surface area contributed by atoms with Crippen molar-refractivity contribution in [2.24, 2.45) is 34.5 Å². The van der Waals surface area contributed by atoms with Gasteiger partial charge in [0.05, 0.1) is 23.2 Å². The zero-order valence-electron chi connectivity index (χ0n) is 28.1. The summed E-state index contributed by atoms with van der Waals surface area (Å²) in [5, 5.41) is 4.26. The molecule has 238 valence electrons. The third kappa shape index (κ3) is 2.18. The number of hydrogen-bond donors (Lipinski definition) is 1. The summed E-state index contributed by atoms with van der Waals surface area (Å²) in [6.07, 6.45) is 5.74. The standard InChI is InChI=1S/C40H46N4O2/c1-35(2)24-15-22-29-17-40(38(22,6)19-31(24)46)33(43(29)35)20-10-7-8-12-26(20)42(40)27-13-9-11-25-32(27)34-39(41-25)16-28-21-14-23(36(3,4)44(28)34)30(45)18-37(21,39)5/h7-13,21-24,28-29,33-34,41H,14-19H2,1-6H3/t21-,22-,23?,24-,28-,29-,33?,34+,37-,38-,39+,40+/m1/s1. The second kappa shape index (κ2) is 7.03. The molecule has 6 nitrogen and oxygen atoms in total. The van der Waals surface area contributed by atoms with Crippen LogP contribution in [0, 0.1) is 34.5 Å². The van der Waals surface area contributed by atoms with E-state index in [9.17, 15) is 9.59 Å². The number of nitrogens with one attached hydrogen (secondary N) is 1. The number of anilines is 3. The first-order valence-electron chi connectivity index (χ1n) is 18.3. The van der Waals surface area contributed by atoms with Gasteiger partial charge in [0.15, 0.2) is 0 Å². The molecule has 4 saturated heterocycles. The summed E-state index contributed by atoms with van der Waals surface area (Å²) in [5.74, 6) is 2.34. The fourth-order valence-corrected chi connectivity index (χ4v) is 16.0. The number of nitrogens with zero attached hydrogens (tertiary/aromatic N) is 3. The first-order valence-corrected chi connectivity index (χ1v) is 18.3. The fraction of sp³-hybridized carbons (Fsp3) is 0.650. The Morgan fingerprint density at radius 3 is 2.04 bits per heavy atom. The Morgan fingerprint density at radius 2 is 1.30 bits per heavy atom. The molecule has 10 aliphatic rings. The van der Waals surface area contributed by atoms with E-state index in [1.165, 1.54) is 28.2 Å². The molecule has 2 aromatic rings. The number of para-hydroxylation sites is 1. The van der Waals surface area contributed by atoms with E-state index in [1.54, 1.807) is 0 Å². The number of benzene rings is 2. The van der Waals surface area contributed by atoms with Gasteiger partial charge in [0.2, 0.25) is 0 Å². The van der Waals surface area contributed by atoms with E-state index < -0.39 is 0 Å². The number of hydrogen-bond acceptors (Lipinski definition) is 6. The summed E-state index contributed by atoms with van der Waals surface area (Å²) in [7, 11) is 0. The molecule has 6 aliphatic heterocycles. The van der Waals surface area contributed by atoms with Crippen LogP contribution in [0.25, 0.3) is 0 Å². The van der Waals surface area contributed by atoms with E-state index in [4.69, 9.17) is 0 Å². The van der Waals surface area contributed by atoms with Crippen LogP contribution >= 0.6 is 0 Å². The molecule has 12 atom stereocenters. The first-order chi connectivity index (χ1) is 21.8. The minimum atomic E-state index is -0.179. The molecule has 1 N–H and O–H groups in total. The highest BCUT2D eigenvalue weighted by Crippen LogP contribution is 2.81. The smallest absolute Gasteiger partial charge is 0.138 e. The van der Waals surface area contributed by atoms with E-state index in [0.29, 0.717) is 48.3 Å². The minimum absolute atomic E-state index is 0.0434. The van der Waals surface area contributed by atoms with Crippen LogP contribution in [0.15, 0.2) is 42.5 Å². The zero-order valence-corrected chi connectivity index (χ0v) is 28.1. The van der Waals surface area contributed by atoms with Gasteiger partial charge >= 0.3 is 0 Å². The van der Waals surface area contributed by atoms with Crippen molar-refractivity contribution in [1.29, 1.82) is 0 Å². The molecule has 6 heterocycles. The number of fused-ring (bicyclic) bond motifs is 8. The highest BCUT2D eigenvalue weighted by atomic mass is 16.1. The van der Waals surface area contributed by atoms with Gasteiger partial charge in [0, 0.05) is 81.3 Å². The number of carbonyl (C=O) groups excluding carboxylic acids is 2. The van der Waals surface area contributed by atoms with Crippen LogP contribution in [0.5, 0.6) is 0 Å². The topological polar surface area (TPSA) is 55.9 Å². The highest BCUT2D eigenvalue weighted by molar-refractivity contribution is 5.90. The molecule has 6 heteroatoms. The van der Waals surface area contributed by atoms with Gasteiger partial charge in [0.1, 0.15) is 11.6 Å². The number of carbonyl (C=O) groups is 2. The van der Waals surface area contributed by atoms with Gasteiger partial charge in [0.25, 0.3) is 0 Å². The second-order valence-electron chi connectivity index (χ2n) is 19.0. The maximum atomic E-state index is 14.1. The highest BCUT2D eigenvalue weighted by Gasteiger charge is 2.84. The zero-order chi connectivity index (χ0) is 31.3. The van der Waals surface area contributed by atoms with Crippen molar-refractivity contribution in [2.45, 2.75) is 126 Å². The van der Waals surface area contributed by atoms with Crippen LogP contribution in [0.2, 0.25) is 0 Å². The van der Waals surface area contributed by atoms with Crippen LogP contribution in [-0.4, -0.2) is 55.6 Å². The lowest BCUT2D eigenvalue weighted by molar-refractivity contribution is -0.177. The summed E-state index contributed by atoms with van der Waals surface area (Å²) in [6.45, 7) is 14.5. The molecule has 12 rings (SSSR count). The molecule has 0 radical (unpaired) electrons. The third-order valence-electron chi connectivity index (χ3n) is 17.5. The van der Waals surface area contributed by atoms with Gasteiger partial charge in [-0.25, -0.2) is 0 Å². The molecule has 8 bridgehead atoms. The lowest BCUT2D eigenvalue weighted by Crippen LogP contribution is -2.73. The quantitative estimate of drug-likeness (QED) is 0.382. The van der Waals surface area contributed by atoms with Gasteiger partial charge in [-0.05, 0) is 89.0 Å². The van der Waals surface area contributed by atoms with Crippen LogP contribution in [0.3, 0.4) is 0 Å². The molecule has 2 aromatic carbocycles. The van der Waals surface area contributed by atoms with Crippen molar-refractivity contribution >= 4 is 28.6 Å². The molecule has 4 aliphatic carbocycles. The summed E-state index contributed by atoms with van der Waals surface area (Å²) in [5.41, 5.74) is 6.12. The maximum absolute atomic E-state index is 14.1. The average molecular weight is 615 g/mol. The van der Waals surface area contributed by atoms with Gasteiger partial charge < -0.3 is 10.2 Å². The number of ketones is 2. The first kappa shape index (κ1) is 26.3. The van der Waals surface area contributed by atoms with Crippen molar-refractivity contribution < 1.29 is 9.59 Å². The lowest BCUT2D eigenvalue weighted by atomic mass is 9.50. The molecule has 2 unspecified atom stereocenters. The van der Waals surface area contributed by atoms with Crippen molar-refractivity contribution in [3.8, 4) is 0 Å². The summed E-state index contributed by atoms with van der Waals surface area (Å²) in [6, 6.07) is 17.8. The van der Waals surface area contributed by atoms with Gasteiger partial charge in [-0.2, -0.15) is 0 Å². The maximum Gasteiger partial charge on any atom is 0.138 e. The van der Waals surface area contributed by atoms with Crippen molar-refractivity contribution in [1.82, 2.24) is 9.80 Å². The van der Waals surface area contributed by atoms with Gasteiger partial charge in [-0.3, -0.25) is 19.4 Å². The van der Waals surface area contributed by atoms with E-state index in [1.807, 2.05) is 0 Å². The average Bonchev–Trinajstić information content (AvgIpc) is 3.77. The predicted molar refractivity (Wildman–Crippen MR) is 177 cm³/mol. The van der Waals surface area contributed by atoms with E-state index in [2.05, 4.69) is 104 Å². The van der Waals surface area contributed by atoms with Crippen LogP contribution < -0.4 is 10.2 Å². The molecule has 0 aromatic heterocycles. The number of Topliss-reactive ketones (excluding diaryl/α,β-unsaturated/α-hetero) is 2. The van der Waals surface area contributed by atoms with Crippen LogP contribution in [0.1, 0.15) is 103 Å². The molecule has 46 heavy (non-hydrogen) atoms. The monoisotopic (exact) mass is 614 g/mol. The minimum Gasteiger partial charge on any atom is -0.377 e. The van der Waals surface area contributed by atoms with Crippen LogP contribution in [0.4, 0.5) is 17.1 Å². The van der Waals surface area contributed by atoms with Gasteiger partial charge in [-0.15, -0.1) is 0 Å². The number of rotatable bonds is 1. The second-order valence-corrected chi connectivity index (χ2v) is 19.0. The Kier molecular flexibility index (Phi) is 4.02. The van der Waals surface area contributed by atoms with E-state index in [-0.39, 0.29) is 56.9 Å². The Labute approximate surface area is 272 Å². The summed E-state index contributed by atoms with van der Waals surface area (Å²) < 4.78 is 0. The Hall–Kier alpha value is -2.70. The number of piperidine rings is 4. The molecular formula is C40H46N4O2. The molecular weight excluding hydrogens is 568 g/mol. The van der Waals surface area contributed by atoms with Crippen molar-refractivity contribution in [3.63, 3.8) is 0 Å².